The molecule has 5 aromatic rings. The highest BCUT2D eigenvalue weighted by atomic mass is 19.1. The van der Waals surface area contributed by atoms with E-state index in [1.807, 2.05) is 11.6 Å². The zero-order valence-electron chi connectivity index (χ0n) is 18.5. The van der Waals surface area contributed by atoms with Crippen molar-refractivity contribution >= 4 is 10.9 Å². The number of hydrogen-bond acceptors (Lipinski definition) is 4. The SMILES string of the molecule is CC1NCCn2nc(-c3ccc(F)cc3)c(-n3ccn(-c4ccc5c(cnn5C)c4F)c3=O)c21. The third kappa shape index (κ3) is 2.95. The van der Waals surface area contributed by atoms with Crippen molar-refractivity contribution in [2.75, 3.05) is 6.54 Å². The van der Waals surface area contributed by atoms with Crippen LogP contribution in [0.5, 0.6) is 0 Å². The largest absolute Gasteiger partial charge is 0.337 e. The molecule has 1 aliphatic heterocycles. The van der Waals surface area contributed by atoms with Crippen LogP contribution < -0.4 is 11.0 Å². The van der Waals surface area contributed by atoms with E-state index >= 15 is 4.39 Å². The lowest BCUT2D eigenvalue weighted by molar-refractivity contribution is 0.419. The Morgan fingerprint density at radius 1 is 1.06 bits per heavy atom. The first-order valence-corrected chi connectivity index (χ1v) is 10.9. The molecular formula is C24H21F2N7O. The Morgan fingerprint density at radius 3 is 2.62 bits per heavy atom. The summed E-state index contributed by atoms with van der Waals surface area (Å²) in [4.78, 5) is 13.6. The van der Waals surface area contributed by atoms with Gasteiger partial charge in [-0.3, -0.25) is 18.5 Å². The maximum atomic E-state index is 15.3. The van der Waals surface area contributed by atoms with Crippen LogP contribution in [0.3, 0.4) is 0 Å². The molecule has 0 saturated heterocycles. The molecule has 1 N–H and O–H groups in total. The number of aromatic nitrogens is 6. The van der Waals surface area contributed by atoms with Gasteiger partial charge in [0.2, 0.25) is 0 Å². The molecule has 0 amide bonds. The molecule has 0 fully saturated rings. The van der Waals surface area contributed by atoms with E-state index < -0.39 is 11.5 Å². The lowest BCUT2D eigenvalue weighted by Crippen LogP contribution is -2.33. The fourth-order valence-corrected chi connectivity index (χ4v) is 4.69. The fourth-order valence-electron chi connectivity index (χ4n) is 4.69. The zero-order chi connectivity index (χ0) is 23.6. The lowest BCUT2D eigenvalue weighted by Gasteiger charge is -2.23. The first-order chi connectivity index (χ1) is 16.4. The van der Waals surface area contributed by atoms with Gasteiger partial charge in [-0.2, -0.15) is 10.2 Å². The maximum absolute atomic E-state index is 15.3. The van der Waals surface area contributed by atoms with Crippen LogP contribution in [0.2, 0.25) is 0 Å². The van der Waals surface area contributed by atoms with Crippen molar-refractivity contribution in [3.05, 3.63) is 82.8 Å². The van der Waals surface area contributed by atoms with Crippen molar-refractivity contribution in [3.8, 4) is 22.6 Å². The van der Waals surface area contributed by atoms with E-state index in [4.69, 9.17) is 5.10 Å². The number of fused-ring (bicyclic) bond motifs is 2. The Bertz CT molecular complexity index is 1610. The molecule has 1 atom stereocenters. The molecule has 10 heteroatoms. The van der Waals surface area contributed by atoms with Gasteiger partial charge in [0.25, 0.3) is 0 Å². The fraction of sp³-hybridized carbons (Fsp3) is 0.208. The quantitative estimate of drug-likeness (QED) is 0.447. The Labute approximate surface area is 192 Å². The molecule has 3 aromatic heterocycles. The van der Waals surface area contributed by atoms with E-state index in [0.29, 0.717) is 34.4 Å². The number of aryl methyl sites for hydroxylation is 1. The number of rotatable bonds is 3. The second-order valence-electron chi connectivity index (χ2n) is 8.41. The molecular weight excluding hydrogens is 440 g/mol. The second kappa shape index (κ2) is 7.49. The summed E-state index contributed by atoms with van der Waals surface area (Å²) in [7, 11) is 1.74. The van der Waals surface area contributed by atoms with Gasteiger partial charge in [0.05, 0.1) is 35.0 Å². The summed E-state index contributed by atoms with van der Waals surface area (Å²) in [6, 6.07) is 9.26. The highest BCUT2D eigenvalue weighted by Gasteiger charge is 2.28. The minimum atomic E-state index is -0.517. The minimum Gasteiger partial charge on any atom is -0.307 e. The highest BCUT2D eigenvalue weighted by Crippen LogP contribution is 2.33. The Kier molecular flexibility index (Phi) is 4.53. The number of hydrogen-bond donors (Lipinski definition) is 1. The Hall–Kier alpha value is -4.05. The summed E-state index contributed by atoms with van der Waals surface area (Å²) in [5, 5.41) is 12.6. The molecule has 172 valence electrons. The van der Waals surface area contributed by atoms with E-state index in [2.05, 4.69) is 10.4 Å². The van der Waals surface area contributed by atoms with E-state index in [1.165, 1.54) is 27.5 Å². The van der Waals surface area contributed by atoms with E-state index in [-0.39, 0.29) is 17.5 Å². The highest BCUT2D eigenvalue weighted by molar-refractivity contribution is 5.81. The Morgan fingerprint density at radius 2 is 1.82 bits per heavy atom. The van der Waals surface area contributed by atoms with Crippen molar-refractivity contribution in [3.63, 3.8) is 0 Å². The molecule has 0 saturated carbocycles. The third-order valence-electron chi connectivity index (χ3n) is 6.39. The number of benzene rings is 2. The van der Waals surface area contributed by atoms with Gasteiger partial charge in [0, 0.05) is 37.6 Å². The predicted octanol–water partition coefficient (Wildman–Crippen LogP) is 3.32. The van der Waals surface area contributed by atoms with Crippen LogP contribution in [0.15, 0.2) is 59.8 Å². The smallest absolute Gasteiger partial charge is 0.307 e. The first kappa shape index (κ1) is 20.5. The number of nitrogens with zero attached hydrogens (tertiary/aromatic N) is 6. The molecule has 0 aliphatic carbocycles. The molecule has 4 heterocycles. The summed E-state index contributed by atoms with van der Waals surface area (Å²) < 4.78 is 35.1. The molecule has 34 heavy (non-hydrogen) atoms. The topological polar surface area (TPSA) is 74.6 Å². The van der Waals surface area contributed by atoms with Gasteiger partial charge >= 0.3 is 5.69 Å². The van der Waals surface area contributed by atoms with Gasteiger partial charge in [0.1, 0.15) is 17.2 Å². The van der Waals surface area contributed by atoms with Crippen LogP contribution in [0, 0.1) is 11.6 Å². The summed E-state index contributed by atoms with van der Waals surface area (Å²) in [6.45, 7) is 3.38. The van der Waals surface area contributed by atoms with Crippen LogP contribution in [-0.2, 0) is 13.6 Å². The molecule has 0 radical (unpaired) electrons. The molecule has 1 unspecified atom stereocenters. The van der Waals surface area contributed by atoms with Gasteiger partial charge in [-0.1, -0.05) is 0 Å². The standard InChI is InChI=1S/C24H21F2N7O/c1-14-22-23(21(29-33(22)10-9-27-14)15-3-5-16(25)6-4-15)32-12-11-31(24(32)34)19-8-7-18-17(20(19)26)13-28-30(18)2/h3-8,11-14,27H,9-10H2,1-2H3. The van der Waals surface area contributed by atoms with Gasteiger partial charge in [-0.05, 0) is 43.3 Å². The molecule has 8 nitrogen and oxygen atoms in total. The van der Waals surface area contributed by atoms with Crippen molar-refractivity contribution in [1.82, 2.24) is 34.0 Å². The van der Waals surface area contributed by atoms with Crippen molar-refractivity contribution < 1.29 is 8.78 Å². The molecule has 0 bridgehead atoms. The van der Waals surface area contributed by atoms with Crippen LogP contribution in [0.1, 0.15) is 18.7 Å². The first-order valence-electron chi connectivity index (χ1n) is 10.9. The summed E-state index contributed by atoms with van der Waals surface area (Å²) in [5.41, 5.74) is 3.03. The average molecular weight is 461 g/mol. The molecule has 1 aliphatic rings. The third-order valence-corrected chi connectivity index (χ3v) is 6.39. The van der Waals surface area contributed by atoms with Crippen molar-refractivity contribution in [2.45, 2.75) is 19.5 Å². The van der Waals surface area contributed by atoms with E-state index in [9.17, 15) is 9.18 Å². The maximum Gasteiger partial charge on any atom is 0.337 e. The molecule has 2 aromatic carbocycles. The normalized spacial score (nSPS) is 15.7. The van der Waals surface area contributed by atoms with Gasteiger partial charge in [-0.15, -0.1) is 0 Å². The minimum absolute atomic E-state index is 0.0656. The molecule has 0 spiro atoms. The Balaban J connectivity index is 1.57. The van der Waals surface area contributed by atoms with Crippen molar-refractivity contribution in [1.29, 1.82) is 0 Å². The van der Waals surface area contributed by atoms with Gasteiger partial charge in [0.15, 0.2) is 5.82 Å². The van der Waals surface area contributed by atoms with Gasteiger partial charge in [-0.25, -0.2) is 13.6 Å². The zero-order valence-corrected chi connectivity index (χ0v) is 18.5. The number of halogens is 2. The second-order valence-corrected chi connectivity index (χ2v) is 8.41. The van der Waals surface area contributed by atoms with Crippen LogP contribution in [0.25, 0.3) is 33.5 Å². The molecule has 6 rings (SSSR count). The average Bonchev–Trinajstić information content (AvgIpc) is 3.51. The summed E-state index contributed by atoms with van der Waals surface area (Å²) in [6.07, 6.45) is 4.61. The lowest BCUT2D eigenvalue weighted by atomic mass is 10.1. The number of imidazole rings is 1. The summed E-state index contributed by atoms with van der Waals surface area (Å²) in [5.74, 6) is -0.870. The van der Waals surface area contributed by atoms with E-state index in [1.54, 1.807) is 48.4 Å². The van der Waals surface area contributed by atoms with E-state index in [0.717, 1.165) is 12.2 Å². The van der Waals surface area contributed by atoms with Gasteiger partial charge < -0.3 is 5.32 Å². The van der Waals surface area contributed by atoms with Crippen molar-refractivity contribution in [2.24, 2.45) is 7.05 Å². The predicted molar refractivity (Wildman–Crippen MR) is 123 cm³/mol. The van der Waals surface area contributed by atoms with Crippen LogP contribution in [-0.4, -0.2) is 35.2 Å². The summed E-state index contributed by atoms with van der Waals surface area (Å²) >= 11 is 0. The van der Waals surface area contributed by atoms with Crippen LogP contribution in [0.4, 0.5) is 8.78 Å². The monoisotopic (exact) mass is 461 g/mol. The number of nitrogens with one attached hydrogen (secondary N) is 1. The van der Waals surface area contributed by atoms with Crippen LogP contribution >= 0.6 is 0 Å².